The van der Waals surface area contributed by atoms with Gasteiger partial charge in [0.15, 0.2) is 0 Å². The average Bonchev–Trinajstić information content (AvgIpc) is 3.14. The van der Waals surface area contributed by atoms with Crippen molar-refractivity contribution in [2.24, 2.45) is 0 Å². The highest BCUT2D eigenvalue weighted by Crippen LogP contribution is 2.36. The van der Waals surface area contributed by atoms with E-state index in [1.54, 1.807) is 0 Å². The normalized spacial score (nSPS) is 13.9. The van der Waals surface area contributed by atoms with Crippen molar-refractivity contribution in [3.63, 3.8) is 0 Å². The summed E-state index contributed by atoms with van der Waals surface area (Å²) in [4.78, 5) is 16.3. The zero-order valence-electron chi connectivity index (χ0n) is 18.0. The number of anilines is 1. The summed E-state index contributed by atoms with van der Waals surface area (Å²) in [5.74, 6) is -0.384. The Morgan fingerprint density at radius 3 is 2.50 bits per heavy atom. The fraction of sp³-hybridized carbons (Fsp3) is 0.304. The number of likely N-dealkylation sites (N-methyl/N-ethyl adjacent to an activating group) is 1. The maximum Gasteiger partial charge on any atom is 0.256 e. The lowest BCUT2D eigenvalue weighted by Crippen LogP contribution is -2.31. The molecule has 0 radical (unpaired) electrons. The van der Waals surface area contributed by atoms with Crippen LogP contribution in [0.15, 0.2) is 54.5 Å². The number of nitrogens with zero attached hydrogens (tertiary/aromatic N) is 3. The molecule has 0 atom stereocenters. The number of carbonyl (C=O) groups is 1. The van der Waals surface area contributed by atoms with Gasteiger partial charge in [0.25, 0.3) is 5.91 Å². The molecule has 0 saturated heterocycles. The molecule has 0 fully saturated rings. The number of nitrogens with one attached hydrogen (secondary N) is 1. The van der Waals surface area contributed by atoms with Gasteiger partial charge in [-0.25, -0.2) is 8.42 Å². The van der Waals surface area contributed by atoms with Gasteiger partial charge in [0.05, 0.1) is 10.5 Å². The third kappa shape index (κ3) is 4.84. The van der Waals surface area contributed by atoms with Crippen molar-refractivity contribution in [2.75, 3.05) is 31.5 Å². The smallest absolute Gasteiger partial charge is 0.256 e. The zero-order valence-corrected chi connectivity index (χ0v) is 19.6. The van der Waals surface area contributed by atoms with Crippen LogP contribution in [0.4, 0.5) is 5.00 Å². The number of amides is 1. The van der Waals surface area contributed by atoms with Crippen molar-refractivity contribution in [2.45, 2.75) is 24.8 Å². The Morgan fingerprint density at radius 2 is 1.94 bits per heavy atom. The molecule has 1 aromatic heterocycles. The van der Waals surface area contributed by atoms with E-state index in [9.17, 15) is 18.5 Å². The summed E-state index contributed by atoms with van der Waals surface area (Å²) in [7, 11) is -3.73. The van der Waals surface area contributed by atoms with Gasteiger partial charge < -0.3 is 5.32 Å². The van der Waals surface area contributed by atoms with Crippen LogP contribution < -0.4 is 5.32 Å². The lowest BCUT2D eigenvalue weighted by molar-refractivity contribution is 0.102. The van der Waals surface area contributed by atoms with Gasteiger partial charge in [-0.3, -0.25) is 9.69 Å². The molecule has 9 heteroatoms. The number of benzene rings is 1. The predicted octanol–water partition coefficient (Wildman–Crippen LogP) is 3.61. The first kappa shape index (κ1) is 23.9. The fourth-order valence-corrected chi connectivity index (χ4v) is 6.21. The van der Waals surface area contributed by atoms with Gasteiger partial charge in [-0.1, -0.05) is 19.1 Å². The summed E-state index contributed by atoms with van der Waals surface area (Å²) in [5, 5.41) is 13.0. The summed E-state index contributed by atoms with van der Waals surface area (Å²) in [6.07, 6.45) is 3.81. The molecular formula is C23H26N4O3S2. The van der Waals surface area contributed by atoms with E-state index in [0.717, 1.165) is 36.5 Å². The second-order valence-electron chi connectivity index (χ2n) is 7.32. The molecule has 0 unspecified atom stereocenters. The van der Waals surface area contributed by atoms with Crippen molar-refractivity contribution in [1.29, 1.82) is 5.26 Å². The van der Waals surface area contributed by atoms with E-state index in [1.165, 1.54) is 52.1 Å². The number of sulfonamides is 1. The molecule has 1 aromatic carbocycles. The van der Waals surface area contributed by atoms with Crippen LogP contribution in [0, 0.1) is 11.3 Å². The second kappa shape index (κ2) is 10.2. The molecular weight excluding hydrogens is 444 g/mol. The van der Waals surface area contributed by atoms with Gasteiger partial charge >= 0.3 is 0 Å². The van der Waals surface area contributed by atoms with Crippen LogP contribution in [0.1, 0.15) is 33.3 Å². The Kier molecular flexibility index (Phi) is 7.64. The van der Waals surface area contributed by atoms with Gasteiger partial charge in [0.2, 0.25) is 10.0 Å². The van der Waals surface area contributed by atoms with Gasteiger partial charge in [-0.15, -0.1) is 24.5 Å². The Bertz CT molecular complexity index is 1150. The Hall–Kier alpha value is -2.77. The van der Waals surface area contributed by atoms with Crippen LogP contribution >= 0.6 is 11.3 Å². The van der Waals surface area contributed by atoms with Gasteiger partial charge in [0, 0.05) is 36.6 Å². The molecule has 1 amide bonds. The second-order valence-corrected chi connectivity index (χ2v) is 10.4. The molecule has 168 valence electrons. The van der Waals surface area contributed by atoms with E-state index in [-0.39, 0.29) is 23.9 Å². The molecule has 1 N–H and O–H groups in total. The van der Waals surface area contributed by atoms with E-state index in [2.05, 4.69) is 36.4 Å². The third-order valence-electron chi connectivity index (χ3n) is 5.34. The van der Waals surface area contributed by atoms with E-state index >= 15 is 0 Å². The minimum atomic E-state index is -3.73. The predicted molar refractivity (Wildman–Crippen MR) is 127 cm³/mol. The van der Waals surface area contributed by atoms with Gasteiger partial charge in [0.1, 0.15) is 11.1 Å². The number of carbonyl (C=O) groups excluding carboxylic acids is 1. The lowest BCUT2D eigenvalue weighted by Gasteiger charge is -2.24. The quantitative estimate of drug-likeness (QED) is 0.565. The monoisotopic (exact) mass is 470 g/mol. The van der Waals surface area contributed by atoms with Crippen molar-refractivity contribution in [1.82, 2.24) is 9.21 Å². The van der Waals surface area contributed by atoms with Crippen LogP contribution in [-0.4, -0.2) is 49.7 Å². The van der Waals surface area contributed by atoms with Crippen molar-refractivity contribution in [3.05, 3.63) is 71.1 Å². The molecule has 7 nitrogen and oxygen atoms in total. The highest BCUT2D eigenvalue weighted by Gasteiger charge is 2.26. The maximum atomic E-state index is 12.8. The largest absolute Gasteiger partial charge is 0.312 e. The number of hydrogen-bond acceptors (Lipinski definition) is 6. The summed E-state index contributed by atoms with van der Waals surface area (Å²) in [6.45, 7) is 12.2. The van der Waals surface area contributed by atoms with Gasteiger partial charge in [-0.2, -0.15) is 9.57 Å². The highest BCUT2D eigenvalue weighted by atomic mass is 32.2. The third-order valence-corrected chi connectivity index (χ3v) is 8.32. The SMILES string of the molecule is C=CCN(CC=C)S(=O)(=O)c1ccc(C(=O)Nc2sc3c(c2C#N)CCN(CC)C3)cc1. The number of thiophene rings is 1. The van der Waals surface area contributed by atoms with Crippen LogP contribution in [-0.2, 0) is 23.0 Å². The van der Waals surface area contributed by atoms with Crippen molar-refractivity contribution >= 4 is 32.3 Å². The Balaban J connectivity index is 1.80. The summed E-state index contributed by atoms with van der Waals surface area (Å²) in [6, 6.07) is 8.00. The van der Waals surface area contributed by atoms with Crippen LogP contribution in [0.25, 0.3) is 0 Å². The van der Waals surface area contributed by atoms with Crippen LogP contribution in [0.2, 0.25) is 0 Å². The minimum absolute atomic E-state index is 0.0849. The molecule has 3 rings (SSSR count). The standard InChI is InChI=1S/C23H26N4O3S2/c1-4-12-27(13-5-2)32(29,30)18-9-7-17(8-10-18)22(28)25-23-20(15-24)19-11-14-26(6-3)16-21(19)31-23/h4-5,7-10H,1-2,6,11-14,16H2,3H3,(H,25,28). The number of nitriles is 1. The highest BCUT2D eigenvalue weighted by molar-refractivity contribution is 7.89. The van der Waals surface area contributed by atoms with Crippen molar-refractivity contribution < 1.29 is 13.2 Å². The van der Waals surface area contributed by atoms with Crippen LogP contribution in [0.3, 0.4) is 0 Å². The Labute approximate surface area is 193 Å². The number of rotatable bonds is 9. The number of hydrogen-bond donors (Lipinski definition) is 1. The molecule has 32 heavy (non-hydrogen) atoms. The summed E-state index contributed by atoms with van der Waals surface area (Å²) in [5.41, 5.74) is 1.86. The average molecular weight is 471 g/mol. The minimum Gasteiger partial charge on any atom is -0.312 e. The maximum absolute atomic E-state index is 12.8. The van der Waals surface area contributed by atoms with Crippen molar-refractivity contribution in [3.8, 4) is 6.07 Å². The summed E-state index contributed by atoms with van der Waals surface area (Å²) < 4.78 is 26.9. The zero-order chi connectivity index (χ0) is 23.3. The summed E-state index contributed by atoms with van der Waals surface area (Å²) >= 11 is 1.43. The van der Waals surface area contributed by atoms with E-state index < -0.39 is 10.0 Å². The van der Waals surface area contributed by atoms with E-state index in [0.29, 0.717) is 16.1 Å². The Morgan fingerprint density at radius 1 is 1.28 bits per heavy atom. The molecule has 0 aliphatic carbocycles. The van der Waals surface area contributed by atoms with Crippen LogP contribution in [0.5, 0.6) is 0 Å². The molecule has 0 spiro atoms. The molecule has 2 aromatic rings. The first-order valence-corrected chi connectivity index (χ1v) is 12.5. The van der Waals surface area contributed by atoms with E-state index in [1.807, 2.05) is 0 Å². The first-order chi connectivity index (χ1) is 15.3. The molecule has 0 bridgehead atoms. The first-order valence-electron chi connectivity index (χ1n) is 10.3. The molecule has 2 heterocycles. The molecule has 1 aliphatic heterocycles. The topological polar surface area (TPSA) is 93.5 Å². The fourth-order valence-electron chi connectivity index (χ4n) is 3.59. The van der Waals surface area contributed by atoms with E-state index in [4.69, 9.17) is 0 Å². The number of fused-ring (bicyclic) bond motifs is 1. The lowest BCUT2D eigenvalue weighted by atomic mass is 10.0. The molecule has 1 aliphatic rings. The van der Waals surface area contributed by atoms with Gasteiger partial charge in [-0.05, 0) is 42.8 Å². The molecule has 0 saturated carbocycles.